The third-order valence-corrected chi connectivity index (χ3v) is 3.41. The van der Waals surface area contributed by atoms with Crippen molar-refractivity contribution in [1.29, 1.82) is 0 Å². The predicted molar refractivity (Wildman–Crippen MR) is 73.3 cm³/mol. The van der Waals surface area contributed by atoms with Gasteiger partial charge in [-0.05, 0) is 42.9 Å². The van der Waals surface area contributed by atoms with Gasteiger partial charge in [-0.1, -0.05) is 31.2 Å². The van der Waals surface area contributed by atoms with Gasteiger partial charge in [0.25, 0.3) is 0 Å². The van der Waals surface area contributed by atoms with Crippen LogP contribution in [0.3, 0.4) is 0 Å². The molecule has 18 heavy (non-hydrogen) atoms. The Morgan fingerprint density at radius 2 is 2.28 bits per heavy atom. The maximum Gasteiger partial charge on any atom is 0.219 e. The second kappa shape index (κ2) is 6.01. The minimum Gasteiger partial charge on any atom is -0.370 e. The summed E-state index contributed by atoms with van der Waals surface area (Å²) in [6, 6.07) is 8.64. The molecule has 1 aromatic carbocycles. The van der Waals surface area contributed by atoms with E-state index in [1.54, 1.807) is 0 Å². The van der Waals surface area contributed by atoms with Crippen LogP contribution in [0.4, 0.5) is 0 Å². The summed E-state index contributed by atoms with van der Waals surface area (Å²) in [6.45, 7) is 3.03. The van der Waals surface area contributed by atoms with Crippen LogP contribution in [0.15, 0.2) is 24.3 Å². The lowest BCUT2D eigenvalue weighted by Crippen LogP contribution is -2.27. The summed E-state index contributed by atoms with van der Waals surface area (Å²) >= 11 is 0. The van der Waals surface area contributed by atoms with Crippen molar-refractivity contribution in [2.45, 2.75) is 44.6 Å². The molecule has 0 bridgehead atoms. The van der Waals surface area contributed by atoms with Gasteiger partial charge in [-0.3, -0.25) is 4.79 Å². The van der Waals surface area contributed by atoms with Gasteiger partial charge in [-0.25, -0.2) is 0 Å². The van der Waals surface area contributed by atoms with Crippen LogP contribution in [0.5, 0.6) is 0 Å². The zero-order chi connectivity index (χ0) is 13.0. The lowest BCUT2D eigenvalue weighted by molar-refractivity contribution is -0.118. The van der Waals surface area contributed by atoms with Crippen molar-refractivity contribution in [2.24, 2.45) is 5.73 Å². The number of primary amides is 1. The quantitative estimate of drug-likeness (QED) is 0.776. The van der Waals surface area contributed by atoms with Crippen LogP contribution in [-0.4, -0.2) is 12.5 Å². The molecule has 1 aliphatic rings. The summed E-state index contributed by atoms with van der Waals surface area (Å²) in [4.78, 5) is 11.2. The number of hydrogen-bond acceptors (Lipinski definition) is 2. The molecular weight excluding hydrogens is 224 g/mol. The second-order valence-electron chi connectivity index (χ2n) is 5.12. The number of carbonyl (C=O) groups is 1. The molecule has 98 valence electrons. The third-order valence-electron chi connectivity index (χ3n) is 3.41. The smallest absolute Gasteiger partial charge is 0.219 e. The highest BCUT2D eigenvalue weighted by Gasteiger charge is 2.24. The lowest BCUT2D eigenvalue weighted by atomic mass is 9.99. The van der Waals surface area contributed by atoms with Gasteiger partial charge in [0, 0.05) is 12.5 Å². The molecule has 0 aliphatic heterocycles. The van der Waals surface area contributed by atoms with E-state index in [4.69, 9.17) is 5.73 Å². The maximum absolute atomic E-state index is 11.2. The summed E-state index contributed by atoms with van der Waals surface area (Å²) in [5.41, 5.74) is 7.92. The van der Waals surface area contributed by atoms with E-state index in [2.05, 4.69) is 36.5 Å². The molecule has 2 rings (SSSR count). The normalized spacial score (nSPS) is 16.5. The predicted octanol–water partition coefficient (Wildman–Crippen LogP) is 2.48. The van der Waals surface area contributed by atoms with E-state index in [0.29, 0.717) is 6.42 Å². The number of nitrogens with one attached hydrogen (secondary N) is 1. The largest absolute Gasteiger partial charge is 0.370 e. The topological polar surface area (TPSA) is 55.1 Å². The second-order valence-corrected chi connectivity index (χ2v) is 5.12. The molecule has 1 atom stereocenters. The van der Waals surface area contributed by atoms with Crippen molar-refractivity contribution in [3.8, 4) is 0 Å². The number of rotatable bonds is 7. The van der Waals surface area contributed by atoms with E-state index in [1.165, 1.54) is 24.0 Å². The highest BCUT2D eigenvalue weighted by atomic mass is 16.1. The monoisotopic (exact) mass is 246 g/mol. The van der Waals surface area contributed by atoms with E-state index >= 15 is 0 Å². The Labute approximate surface area is 109 Å². The van der Waals surface area contributed by atoms with Crippen molar-refractivity contribution >= 4 is 5.91 Å². The van der Waals surface area contributed by atoms with Crippen LogP contribution in [0.2, 0.25) is 0 Å². The van der Waals surface area contributed by atoms with Crippen molar-refractivity contribution in [1.82, 2.24) is 5.32 Å². The highest BCUT2D eigenvalue weighted by Crippen LogP contribution is 2.40. The van der Waals surface area contributed by atoms with Gasteiger partial charge < -0.3 is 11.1 Å². The molecule has 0 spiro atoms. The van der Waals surface area contributed by atoms with Gasteiger partial charge in [-0.2, -0.15) is 0 Å². The number of nitrogens with two attached hydrogens (primary N) is 1. The van der Waals surface area contributed by atoms with Crippen molar-refractivity contribution in [3.05, 3.63) is 35.4 Å². The minimum atomic E-state index is -0.250. The van der Waals surface area contributed by atoms with E-state index in [0.717, 1.165) is 18.9 Å². The lowest BCUT2D eigenvalue weighted by Gasteiger charge is -2.18. The van der Waals surface area contributed by atoms with Gasteiger partial charge in [0.15, 0.2) is 0 Å². The number of carbonyl (C=O) groups excluding carboxylic acids is 1. The SMILES string of the molecule is CCCNC(CC(N)=O)c1cccc(C2CC2)c1. The fraction of sp³-hybridized carbons (Fsp3) is 0.533. The standard InChI is InChI=1S/C15H22N2O/c1-2-8-17-14(10-15(16)18)13-5-3-4-12(9-13)11-6-7-11/h3-5,9,11,14,17H,2,6-8,10H2,1H3,(H2,16,18). The summed E-state index contributed by atoms with van der Waals surface area (Å²) in [5.74, 6) is 0.491. The first kappa shape index (κ1) is 13.1. The van der Waals surface area contributed by atoms with Crippen molar-refractivity contribution < 1.29 is 4.79 Å². The number of hydrogen-bond donors (Lipinski definition) is 2. The average Bonchev–Trinajstić information content (AvgIpc) is 3.18. The summed E-state index contributed by atoms with van der Waals surface area (Å²) in [7, 11) is 0. The first-order chi connectivity index (χ1) is 8.70. The zero-order valence-electron chi connectivity index (χ0n) is 11.0. The van der Waals surface area contributed by atoms with Gasteiger partial charge in [0.2, 0.25) is 5.91 Å². The molecule has 1 aliphatic carbocycles. The molecule has 0 aromatic heterocycles. The Morgan fingerprint density at radius 1 is 1.50 bits per heavy atom. The van der Waals surface area contributed by atoms with Crippen LogP contribution in [0, 0.1) is 0 Å². The van der Waals surface area contributed by atoms with Crippen LogP contribution >= 0.6 is 0 Å². The Bertz CT molecular complexity index is 413. The van der Waals surface area contributed by atoms with Gasteiger partial charge in [0.05, 0.1) is 0 Å². The summed E-state index contributed by atoms with van der Waals surface area (Å²) in [5, 5.41) is 3.40. The molecule has 0 radical (unpaired) electrons. The Kier molecular flexibility index (Phi) is 4.37. The fourth-order valence-corrected chi connectivity index (χ4v) is 2.27. The fourth-order valence-electron chi connectivity index (χ4n) is 2.27. The van der Waals surface area contributed by atoms with E-state index in [9.17, 15) is 4.79 Å². The molecular formula is C15H22N2O. The van der Waals surface area contributed by atoms with Crippen LogP contribution < -0.4 is 11.1 Å². The molecule has 0 saturated heterocycles. The van der Waals surface area contributed by atoms with Gasteiger partial charge >= 0.3 is 0 Å². The van der Waals surface area contributed by atoms with E-state index < -0.39 is 0 Å². The van der Waals surface area contributed by atoms with Crippen molar-refractivity contribution in [2.75, 3.05) is 6.54 Å². The first-order valence-electron chi connectivity index (χ1n) is 6.82. The summed E-state index contributed by atoms with van der Waals surface area (Å²) in [6.07, 6.45) is 4.02. The van der Waals surface area contributed by atoms with Gasteiger partial charge in [0.1, 0.15) is 0 Å². The van der Waals surface area contributed by atoms with Crippen molar-refractivity contribution in [3.63, 3.8) is 0 Å². The van der Waals surface area contributed by atoms with E-state index in [-0.39, 0.29) is 11.9 Å². The van der Waals surface area contributed by atoms with Crippen LogP contribution in [-0.2, 0) is 4.79 Å². The number of amides is 1. The maximum atomic E-state index is 11.2. The number of benzene rings is 1. The molecule has 0 heterocycles. The molecule has 1 saturated carbocycles. The molecule has 3 N–H and O–H groups in total. The van der Waals surface area contributed by atoms with E-state index in [1.807, 2.05) is 0 Å². The third kappa shape index (κ3) is 3.57. The average molecular weight is 246 g/mol. The summed E-state index contributed by atoms with van der Waals surface area (Å²) < 4.78 is 0. The molecule has 1 amide bonds. The molecule has 3 heteroatoms. The molecule has 1 aromatic rings. The molecule has 1 fully saturated rings. The van der Waals surface area contributed by atoms with Crippen LogP contribution in [0.25, 0.3) is 0 Å². The Morgan fingerprint density at radius 3 is 2.89 bits per heavy atom. The van der Waals surface area contributed by atoms with Gasteiger partial charge in [-0.15, -0.1) is 0 Å². The molecule has 3 nitrogen and oxygen atoms in total. The minimum absolute atomic E-state index is 0.0566. The Hall–Kier alpha value is -1.35. The zero-order valence-corrected chi connectivity index (χ0v) is 11.0. The highest BCUT2D eigenvalue weighted by molar-refractivity contribution is 5.74. The Balaban J connectivity index is 2.11. The first-order valence-corrected chi connectivity index (χ1v) is 6.82. The molecule has 1 unspecified atom stereocenters. The van der Waals surface area contributed by atoms with Crippen LogP contribution in [0.1, 0.15) is 55.7 Å².